The maximum Gasteiger partial charge on any atom is 0.290 e. The second-order valence-corrected chi connectivity index (χ2v) is 7.27. The van der Waals surface area contributed by atoms with Gasteiger partial charge in [-0.25, -0.2) is 0 Å². The molecule has 3 rings (SSSR count). The van der Waals surface area contributed by atoms with E-state index in [1.807, 2.05) is 12.1 Å². The van der Waals surface area contributed by atoms with Crippen LogP contribution in [-0.2, 0) is 16.0 Å². The SMILES string of the molecule is COc1ccc(CCN2C(=O)C(O)=C(C(C)=O)[C@@H]2c2ccc(OC)c(OC)c2)cc1OC. The van der Waals surface area contributed by atoms with E-state index in [0.717, 1.165) is 5.56 Å². The lowest BCUT2D eigenvalue weighted by atomic mass is 9.96. The van der Waals surface area contributed by atoms with E-state index < -0.39 is 17.7 Å². The molecule has 8 nitrogen and oxygen atoms in total. The number of rotatable bonds is 9. The summed E-state index contributed by atoms with van der Waals surface area (Å²) in [4.78, 5) is 26.7. The van der Waals surface area contributed by atoms with Crippen molar-refractivity contribution in [2.24, 2.45) is 0 Å². The van der Waals surface area contributed by atoms with Crippen LogP contribution < -0.4 is 18.9 Å². The minimum absolute atomic E-state index is 0.0644. The molecule has 1 aliphatic rings. The van der Waals surface area contributed by atoms with Crippen LogP contribution in [-0.4, -0.2) is 56.7 Å². The van der Waals surface area contributed by atoms with Gasteiger partial charge in [0.25, 0.3) is 5.91 Å². The smallest absolute Gasteiger partial charge is 0.290 e. The van der Waals surface area contributed by atoms with Gasteiger partial charge in [0.05, 0.1) is 40.1 Å². The van der Waals surface area contributed by atoms with Crippen molar-refractivity contribution in [3.63, 3.8) is 0 Å². The lowest BCUT2D eigenvalue weighted by molar-refractivity contribution is -0.129. The molecule has 1 aliphatic heterocycles. The Kier molecular flexibility index (Phi) is 6.92. The first kappa shape index (κ1) is 23.0. The fourth-order valence-electron chi connectivity index (χ4n) is 3.90. The molecule has 0 unspecified atom stereocenters. The number of Topliss-reactive ketones (excluding diaryl/α,β-unsaturated/α-hetero) is 1. The number of carbonyl (C=O) groups is 2. The number of ether oxygens (including phenoxy) is 4. The van der Waals surface area contributed by atoms with Crippen LogP contribution in [0.3, 0.4) is 0 Å². The Labute approximate surface area is 187 Å². The molecular weight excluding hydrogens is 414 g/mol. The summed E-state index contributed by atoms with van der Waals surface area (Å²) in [5.41, 5.74) is 1.62. The number of aliphatic hydroxyl groups is 1. The van der Waals surface area contributed by atoms with Crippen molar-refractivity contribution in [1.82, 2.24) is 4.90 Å². The van der Waals surface area contributed by atoms with E-state index in [1.54, 1.807) is 38.5 Å². The highest BCUT2D eigenvalue weighted by molar-refractivity contribution is 6.08. The summed E-state index contributed by atoms with van der Waals surface area (Å²) < 4.78 is 21.3. The van der Waals surface area contributed by atoms with Gasteiger partial charge in [-0.1, -0.05) is 12.1 Å². The molecule has 32 heavy (non-hydrogen) atoms. The number of hydrogen-bond acceptors (Lipinski definition) is 7. The quantitative estimate of drug-likeness (QED) is 0.638. The molecule has 1 heterocycles. The lowest BCUT2D eigenvalue weighted by Crippen LogP contribution is -2.33. The molecule has 8 heteroatoms. The normalized spacial score (nSPS) is 15.7. The molecule has 0 radical (unpaired) electrons. The van der Waals surface area contributed by atoms with Gasteiger partial charge in [0.2, 0.25) is 0 Å². The van der Waals surface area contributed by atoms with Crippen LogP contribution in [0.4, 0.5) is 0 Å². The van der Waals surface area contributed by atoms with Crippen LogP contribution in [0.1, 0.15) is 24.1 Å². The van der Waals surface area contributed by atoms with Crippen LogP contribution in [0.2, 0.25) is 0 Å². The van der Waals surface area contributed by atoms with Crippen molar-refractivity contribution in [3.8, 4) is 23.0 Å². The highest BCUT2D eigenvalue weighted by atomic mass is 16.5. The van der Waals surface area contributed by atoms with Crippen molar-refractivity contribution >= 4 is 11.7 Å². The van der Waals surface area contributed by atoms with E-state index in [4.69, 9.17) is 18.9 Å². The third-order valence-electron chi connectivity index (χ3n) is 5.50. The summed E-state index contributed by atoms with van der Waals surface area (Å²) in [6.45, 7) is 1.61. The van der Waals surface area contributed by atoms with Gasteiger partial charge in [0.1, 0.15) is 0 Å². The van der Waals surface area contributed by atoms with Crippen molar-refractivity contribution in [2.45, 2.75) is 19.4 Å². The van der Waals surface area contributed by atoms with E-state index in [2.05, 4.69) is 0 Å². The zero-order valence-electron chi connectivity index (χ0n) is 18.8. The first-order chi connectivity index (χ1) is 15.4. The largest absolute Gasteiger partial charge is 0.503 e. The van der Waals surface area contributed by atoms with Gasteiger partial charge in [-0.05, 0) is 48.7 Å². The minimum atomic E-state index is -0.736. The van der Waals surface area contributed by atoms with Gasteiger partial charge in [-0.3, -0.25) is 9.59 Å². The van der Waals surface area contributed by atoms with Gasteiger partial charge >= 0.3 is 0 Å². The summed E-state index contributed by atoms with van der Waals surface area (Å²) in [7, 11) is 6.15. The van der Waals surface area contributed by atoms with Crippen LogP contribution >= 0.6 is 0 Å². The van der Waals surface area contributed by atoms with Crippen LogP contribution in [0.15, 0.2) is 47.7 Å². The molecule has 0 aliphatic carbocycles. The van der Waals surface area contributed by atoms with Crippen molar-refractivity contribution in [1.29, 1.82) is 0 Å². The Bertz CT molecular complexity index is 1060. The predicted octanol–water partition coefficient (Wildman–Crippen LogP) is 3.25. The van der Waals surface area contributed by atoms with Gasteiger partial charge in [-0.2, -0.15) is 0 Å². The maximum atomic E-state index is 12.9. The van der Waals surface area contributed by atoms with Crippen molar-refractivity contribution < 1.29 is 33.6 Å². The summed E-state index contributed by atoms with van der Waals surface area (Å²) in [5.74, 6) is 0.695. The molecule has 170 valence electrons. The Hall–Kier alpha value is -3.68. The topological polar surface area (TPSA) is 94.5 Å². The minimum Gasteiger partial charge on any atom is -0.503 e. The monoisotopic (exact) mass is 441 g/mol. The number of carbonyl (C=O) groups excluding carboxylic acids is 2. The van der Waals surface area contributed by atoms with Gasteiger partial charge < -0.3 is 29.0 Å². The van der Waals surface area contributed by atoms with E-state index in [-0.39, 0.29) is 17.9 Å². The van der Waals surface area contributed by atoms with Gasteiger partial charge in [-0.15, -0.1) is 0 Å². The molecular formula is C24H27NO7. The van der Waals surface area contributed by atoms with E-state index in [9.17, 15) is 14.7 Å². The second kappa shape index (κ2) is 9.64. The average Bonchev–Trinajstić information content (AvgIpc) is 3.06. The molecule has 0 bridgehead atoms. The molecule has 2 aromatic carbocycles. The zero-order valence-corrected chi connectivity index (χ0v) is 18.8. The van der Waals surface area contributed by atoms with Gasteiger partial charge in [0.15, 0.2) is 34.5 Å². The number of methoxy groups -OCH3 is 4. The molecule has 0 aromatic heterocycles. The summed E-state index contributed by atoms with van der Waals surface area (Å²) >= 11 is 0. The van der Waals surface area contributed by atoms with Crippen molar-refractivity contribution in [3.05, 3.63) is 58.9 Å². The molecule has 2 aromatic rings. The van der Waals surface area contributed by atoms with E-state index in [0.29, 0.717) is 35.0 Å². The number of amides is 1. The number of hydrogen-bond donors (Lipinski definition) is 1. The summed E-state index contributed by atoms with van der Waals surface area (Å²) in [5, 5.41) is 10.5. The first-order valence-electron chi connectivity index (χ1n) is 10.0. The Morgan fingerprint density at radius 2 is 1.47 bits per heavy atom. The molecule has 0 spiro atoms. The van der Waals surface area contributed by atoms with Gasteiger partial charge in [0, 0.05) is 6.54 Å². The average molecular weight is 441 g/mol. The predicted molar refractivity (Wildman–Crippen MR) is 118 cm³/mol. The second-order valence-electron chi connectivity index (χ2n) is 7.27. The Morgan fingerprint density at radius 3 is 2.03 bits per heavy atom. The first-order valence-corrected chi connectivity index (χ1v) is 10.0. The van der Waals surface area contributed by atoms with Crippen LogP contribution in [0.5, 0.6) is 23.0 Å². The number of nitrogens with zero attached hydrogens (tertiary/aromatic N) is 1. The standard InChI is InChI=1S/C24H27NO7/c1-14(26)21-22(16-7-9-18(30-3)20(13-16)32-5)25(24(28)23(21)27)11-10-15-6-8-17(29-2)19(12-15)31-4/h6-9,12-13,22,27H,10-11H2,1-5H3/t22-/m0/s1. The van der Waals surface area contributed by atoms with Crippen molar-refractivity contribution in [2.75, 3.05) is 35.0 Å². The number of aliphatic hydroxyl groups excluding tert-OH is 1. The third kappa shape index (κ3) is 4.21. The maximum absolute atomic E-state index is 12.9. The molecule has 0 saturated carbocycles. The fourth-order valence-corrected chi connectivity index (χ4v) is 3.90. The third-order valence-corrected chi connectivity index (χ3v) is 5.50. The molecule has 1 atom stereocenters. The van der Waals surface area contributed by atoms with E-state index in [1.165, 1.54) is 26.0 Å². The Morgan fingerprint density at radius 1 is 0.906 bits per heavy atom. The molecule has 1 N–H and O–H groups in total. The highest BCUT2D eigenvalue weighted by Gasteiger charge is 2.42. The number of benzene rings is 2. The van der Waals surface area contributed by atoms with E-state index >= 15 is 0 Å². The number of ketones is 1. The molecule has 1 amide bonds. The molecule has 0 fully saturated rings. The highest BCUT2D eigenvalue weighted by Crippen LogP contribution is 2.41. The molecule has 0 saturated heterocycles. The lowest BCUT2D eigenvalue weighted by Gasteiger charge is -2.27. The summed E-state index contributed by atoms with van der Waals surface area (Å²) in [6.07, 6.45) is 0.481. The van der Waals surface area contributed by atoms with Crippen LogP contribution in [0, 0.1) is 0 Å². The zero-order chi connectivity index (χ0) is 23.4. The fraction of sp³-hybridized carbons (Fsp3) is 0.333. The van der Waals surface area contributed by atoms with Crippen LogP contribution in [0.25, 0.3) is 0 Å². The Balaban J connectivity index is 1.95. The summed E-state index contributed by atoms with van der Waals surface area (Å²) in [6, 6.07) is 9.95.